The Morgan fingerprint density at radius 1 is 1.40 bits per heavy atom. The highest BCUT2D eigenvalue weighted by molar-refractivity contribution is 5.74. The summed E-state index contributed by atoms with van der Waals surface area (Å²) in [5.74, 6) is 1.47. The van der Waals surface area contributed by atoms with Crippen LogP contribution in [0.1, 0.15) is 32.6 Å². The van der Waals surface area contributed by atoms with Crippen LogP contribution in [0.5, 0.6) is 0 Å². The average molecular weight is 210 g/mol. The van der Waals surface area contributed by atoms with Gasteiger partial charge in [0.15, 0.2) is 0 Å². The van der Waals surface area contributed by atoms with Gasteiger partial charge in [0, 0.05) is 26.7 Å². The number of likely N-dealkylation sites (tertiary alicyclic amines) is 1. The summed E-state index contributed by atoms with van der Waals surface area (Å²) in [5, 5.41) is 0. The number of urea groups is 1. The first-order chi connectivity index (χ1) is 7.16. The molecule has 2 rings (SSSR count). The van der Waals surface area contributed by atoms with Crippen LogP contribution < -0.4 is 0 Å². The lowest BCUT2D eigenvalue weighted by molar-refractivity contribution is 0.138. The zero-order valence-corrected chi connectivity index (χ0v) is 9.91. The fourth-order valence-electron chi connectivity index (χ4n) is 2.37. The lowest BCUT2D eigenvalue weighted by Crippen LogP contribution is -2.46. The molecule has 2 aliphatic rings. The normalized spacial score (nSPS) is 26.5. The molecule has 0 aromatic heterocycles. The van der Waals surface area contributed by atoms with E-state index >= 15 is 0 Å². The van der Waals surface area contributed by atoms with Crippen LogP contribution in [0.3, 0.4) is 0 Å². The first-order valence-electron chi connectivity index (χ1n) is 6.17. The summed E-state index contributed by atoms with van der Waals surface area (Å²) < 4.78 is 0. The SMILES string of the molecule is CC1CCCN(C(=O)N(C)CC2CC2)C1. The van der Waals surface area contributed by atoms with E-state index in [2.05, 4.69) is 6.92 Å². The van der Waals surface area contributed by atoms with E-state index < -0.39 is 0 Å². The Labute approximate surface area is 92.4 Å². The first-order valence-corrected chi connectivity index (χ1v) is 6.17. The van der Waals surface area contributed by atoms with Crippen molar-refractivity contribution in [1.82, 2.24) is 9.80 Å². The van der Waals surface area contributed by atoms with E-state index in [4.69, 9.17) is 0 Å². The number of carbonyl (C=O) groups excluding carboxylic acids is 1. The van der Waals surface area contributed by atoms with Crippen molar-refractivity contribution in [3.05, 3.63) is 0 Å². The number of hydrogen-bond donors (Lipinski definition) is 0. The van der Waals surface area contributed by atoms with Crippen LogP contribution in [-0.4, -0.2) is 42.5 Å². The second-order valence-electron chi connectivity index (χ2n) is 5.30. The highest BCUT2D eigenvalue weighted by Crippen LogP contribution is 2.29. The molecule has 0 N–H and O–H groups in total. The van der Waals surface area contributed by atoms with Gasteiger partial charge in [0.05, 0.1) is 0 Å². The maximum absolute atomic E-state index is 12.1. The molecule has 0 bridgehead atoms. The minimum absolute atomic E-state index is 0.244. The van der Waals surface area contributed by atoms with Crippen molar-refractivity contribution in [2.45, 2.75) is 32.6 Å². The highest BCUT2D eigenvalue weighted by Gasteiger charge is 2.28. The quantitative estimate of drug-likeness (QED) is 0.685. The Bertz CT molecular complexity index is 238. The second-order valence-corrected chi connectivity index (χ2v) is 5.30. The molecule has 1 atom stereocenters. The van der Waals surface area contributed by atoms with E-state index in [1.165, 1.54) is 25.7 Å². The third-order valence-corrected chi connectivity index (χ3v) is 3.48. The molecule has 1 heterocycles. The van der Waals surface area contributed by atoms with E-state index in [9.17, 15) is 4.79 Å². The minimum Gasteiger partial charge on any atom is -0.327 e. The lowest BCUT2D eigenvalue weighted by atomic mass is 10.0. The monoisotopic (exact) mass is 210 g/mol. The summed E-state index contributed by atoms with van der Waals surface area (Å²) in [6, 6.07) is 0.244. The second kappa shape index (κ2) is 4.42. The maximum atomic E-state index is 12.1. The van der Waals surface area contributed by atoms with Crippen LogP contribution in [0, 0.1) is 11.8 Å². The molecule has 0 radical (unpaired) electrons. The molecular formula is C12H22N2O. The summed E-state index contributed by atoms with van der Waals surface area (Å²) in [4.78, 5) is 16.0. The molecule has 1 aliphatic heterocycles. The largest absolute Gasteiger partial charge is 0.327 e. The number of nitrogens with zero attached hydrogens (tertiary/aromatic N) is 2. The summed E-state index contributed by atoms with van der Waals surface area (Å²) in [5.41, 5.74) is 0. The maximum Gasteiger partial charge on any atom is 0.319 e. The molecule has 0 aromatic carbocycles. The van der Waals surface area contributed by atoms with Gasteiger partial charge in [-0.1, -0.05) is 6.92 Å². The van der Waals surface area contributed by atoms with Crippen molar-refractivity contribution in [2.24, 2.45) is 11.8 Å². The van der Waals surface area contributed by atoms with Gasteiger partial charge in [-0.05, 0) is 37.5 Å². The predicted molar refractivity (Wildman–Crippen MR) is 60.7 cm³/mol. The molecule has 3 nitrogen and oxygen atoms in total. The van der Waals surface area contributed by atoms with Gasteiger partial charge < -0.3 is 9.80 Å². The molecule has 86 valence electrons. The van der Waals surface area contributed by atoms with Gasteiger partial charge >= 0.3 is 6.03 Å². The van der Waals surface area contributed by atoms with Crippen molar-refractivity contribution in [3.63, 3.8) is 0 Å². The Morgan fingerprint density at radius 2 is 2.13 bits per heavy atom. The first kappa shape index (κ1) is 10.8. The molecule has 1 unspecified atom stereocenters. The number of carbonyl (C=O) groups is 1. The average Bonchev–Trinajstić information content (AvgIpc) is 3.00. The topological polar surface area (TPSA) is 23.6 Å². The molecule has 1 saturated carbocycles. The van der Waals surface area contributed by atoms with Crippen molar-refractivity contribution in [1.29, 1.82) is 0 Å². The van der Waals surface area contributed by atoms with Gasteiger partial charge in [0.25, 0.3) is 0 Å². The van der Waals surface area contributed by atoms with Gasteiger partial charge in [-0.3, -0.25) is 0 Å². The van der Waals surface area contributed by atoms with Crippen LogP contribution in [0.25, 0.3) is 0 Å². The summed E-state index contributed by atoms with van der Waals surface area (Å²) >= 11 is 0. The zero-order chi connectivity index (χ0) is 10.8. The molecule has 0 spiro atoms. The van der Waals surface area contributed by atoms with Gasteiger partial charge in [0.2, 0.25) is 0 Å². The third kappa shape index (κ3) is 2.86. The van der Waals surface area contributed by atoms with Crippen LogP contribution >= 0.6 is 0 Å². The molecule has 1 saturated heterocycles. The molecule has 2 fully saturated rings. The van der Waals surface area contributed by atoms with Crippen molar-refractivity contribution >= 4 is 6.03 Å². The number of rotatable bonds is 2. The third-order valence-electron chi connectivity index (χ3n) is 3.48. The van der Waals surface area contributed by atoms with E-state index in [0.29, 0.717) is 5.92 Å². The van der Waals surface area contributed by atoms with E-state index in [-0.39, 0.29) is 6.03 Å². The summed E-state index contributed by atoms with van der Waals surface area (Å²) in [6.07, 6.45) is 5.07. The van der Waals surface area contributed by atoms with Crippen LogP contribution in [0.2, 0.25) is 0 Å². The van der Waals surface area contributed by atoms with Gasteiger partial charge in [-0.15, -0.1) is 0 Å². The number of amides is 2. The minimum atomic E-state index is 0.244. The van der Waals surface area contributed by atoms with E-state index in [1.807, 2.05) is 16.8 Å². The Morgan fingerprint density at radius 3 is 2.73 bits per heavy atom. The molecule has 3 heteroatoms. The van der Waals surface area contributed by atoms with E-state index in [1.54, 1.807) is 0 Å². The van der Waals surface area contributed by atoms with Gasteiger partial charge in [0.1, 0.15) is 0 Å². The molecule has 0 aromatic rings. The fourth-order valence-corrected chi connectivity index (χ4v) is 2.37. The Hall–Kier alpha value is -0.730. The smallest absolute Gasteiger partial charge is 0.319 e. The molecule has 1 aliphatic carbocycles. The number of hydrogen-bond acceptors (Lipinski definition) is 1. The predicted octanol–water partition coefficient (Wildman–Crippen LogP) is 2.18. The van der Waals surface area contributed by atoms with Gasteiger partial charge in [-0.2, -0.15) is 0 Å². The number of piperidine rings is 1. The van der Waals surface area contributed by atoms with Crippen molar-refractivity contribution in [2.75, 3.05) is 26.7 Å². The van der Waals surface area contributed by atoms with Crippen molar-refractivity contribution in [3.8, 4) is 0 Å². The van der Waals surface area contributed by atoms with Crippen LogP contribution in [0.4, 0.5) is 4.79 Å². The molecule has 15 heavy (non-hydrogen) atoms. The summed E-state index contributed by atoms with van der Waals surface area (Å²) in [7, 11) is 1.94. The summed E-state index contributed by atoms with van der Waals surface area (Å²) in [6.45, 7) is 5.11. The standard InChI is InChI=1S/C12H22N2O/c1-10-4-3-7-14(8-10)12(15)13(2)9-11-5-6-11/h10-11H,3-9H2,1-2H3. The lowest BCUT2D eigenvalue weighted by Gasteiger charge is -2.34. The zero-order valence-electron chi connectivity index (χ0n) is 9.91. The fraction of sp³-hybridized carbons (Fsp3) is 0.917. The van der Waals surface area contributed by atoms with Crippen LogP contribution in [-0.2, 0) is 0 Å². The Balaban J connectivity index is 1.82. The van der Waals surface area contributed by atoms with Crippen molar-refractivity contribution < 1.29 is 4.79 Å². The Kier molecular flexibility index (Phi) is 3.17. The highest BCUT2D eigenvalue weighted by atomic mass is 16.2. The molecular weight excluding hydrogens is 188 g/mol. The molecule has 2 amide bonds. The van der Waals surface area contributed by atoms with Crippen LogP contribution in [0.15, 0.2) is 0 Å². The van der Waals surface area contributed by atoms with E-state index in [0.717, 1.165) is 25.6 Å². The van der Waals surface area contributed by atoms with Gasteiger partial charge in [-0.25, -0.2) is 4.79 Å².